The molecule has 0 bridgehead atoms. The average molecular weight is 310 g/mol. The summed E-state index contributed by atoms with van der Waals surface area (Å²) in [6, 6.07) is 5.98. The van der Waals surface area contributed by atoms with Crippen molar-refractivity contribution in [3.8, 4) is 5.75 Å². The fourth-order valence-corrected chi connectivity index (χ4v) is 2.30. The summed E-state index contributed by atoms with van der Waals surface area (Å²) in [4.78, 5) is 11.7. The van der Waals surface area contributed by atoms with Crippen LogP contribution in [-0.2, 0) is 4.74 Å². The Kier molecular flexibility index (Phi) is 6.45. The summed E-state index contributed by atoms with van der Waals surface area (Å²) in [5, 5.41) is 5.55. The van der Waals surface area contributed by atoms with Gasteiger partial charge in [0.2, 0.25) is 0 Å². The van der Waals surface area contributed by atoms with Crippen molar-refractivity contribution in [2.45, 2.75) is 25.9 Å². The summed E-state index contributed by atoms with van der Waals surface area (Å²) in [7, 11) is 0. The van der Waals surface area contributed by atoms with Gasteiger partial charge < -0.3 is 20.1 Å². The minimum absolute atomic E-state index is 0.191. The van der Waals surface area contributed by atoms with Crippen LogP contribution in [0.4, 0.5) is 9.18 Å². The first kappa shape index (κ1) is 16.5. The number of para-hydroxylation sites is 1. The van der Waals surface area contributed by atoms with E-state index < -0.39 is 5.82 Å². The van der Waals surface area contributed by atoms with E-state index in [0.717, 1.165) is 19.4 Å². The van der Waals surface area contributed by atoms with Crippen LogP contribution in [0.2, 0.25) is 0 Å². The molecule has 1 fully saturated rings. The number of urea groups is 1. The minimum atomic E-state index is -0.406. The third kappa shape index (κ3) is 5.52. The fraction of sp³-hybridized carbons (Fsp3) is 0.562. The molecule has 5 nitrogen and oxygen atoms in total. The molecule has 122 valence electrons. The summed E-state index contributed by atoms with van der Waals surface area (Å²) in [5.41, 5.74) is 0. The Bertz CT molecular complexity index is 478. The standard InChI is InChI=1S/C16H23FN2O3/c1-12(22-15-7-3-2-6-14(15)17)9-18-16(20)19-10-13-5-4-8-21-11-13/h2-3,6-7,12-13H,4-5,8-11H2,1H3,(H2,18,19,20)/t12-,13+/m1/s1. The molecule has 0 unspecified atom stereocenters. The highest BCUT2D eigenvalue weighted by Gasteiger charge is 2.15. The lowest BCUT2D eigenvalue weighted by molar-refractivity contribution is 0.0557. The third-order valence-corrected chi connectivity index (χ3v) is 3.52. The van der Waals surface area contributed by atoms with E-state index in [9.17, 15) is 9.18 Å². The first-order valence-electron chi connectivity index (χ1n) is 7.66. The number of amides is 2. The lowest BCUT2D eigenvalue weighted by Gasteiger charge is -2.22. The van der Waals surface area contributed by atoms with E-state index in [4.69, 9.17) is 9.47 Å². The number of hydrogen-bond donors (Lipinski definition) is 2. The normalized spacial score (nSPS) is 19.3. The van der Waals surface area contributed by atoms with Gasteiger partial charge >= 0.3 is 6.03 Å². The summed E-state index contributed by atoms with van der Waals surface area (Å²) in [6.45, 7) is 4.21. The number of halogens is 1. The molecular weight excluding hydrogens is 287 g/mol. The predicted molar refractivity (Wildman–Crippen MR) is 81.4 cm³/mol. The van der Waals surface area contributed by atoms with E-state index in [1.807, 2.05) is 0 Å². The molecular formula is C16H23FN2O3. The Morgan fingerprint density at radius 1 is 1.45 bits per heavy atom. The minimum Gasteiger partial charge on any atom is -0.486 e. The van der Waals surface area contributed by atoms with Crippen molar-refractivity contribution in [3.05, 3.63) is 30.1 Å². The highest BCUT2D eigenvalue weighted by molar-refractivity contribution is 5.73. The van der Waals surface area contributed by atoms with Gasteiger partial charge in [0.05, 0.1) is 13.2 Å². The van der Waals surface area contributed by atoms with Crippen LogP contribution in [0.5, 0.6) is 5.75 Å². The van der Waals surface area contributed by atoms with Crippen LogP contribution in [-0.4, -0.2) is 38.4 Å². The molecule has 1 aromatic rings. The molecule has 0 aromatic heterocycles. The number of carbonyl (C=O) groups excluding carboxylic acids is 1. The SMILES string of the molecule is C[C@H](CNC(=O)NC[C@@H]1CCCOC1)Oc1ccccc1F. The maximum absolute atomic E-state index is 13.4. The van der Waals surface area contributed by atoms with Crippen molar-refractivity contribution < 1.29 is 18.7 Å². The fourth-order valence-electron chi connectivity index (χ4n) is 2.30. The van der Waals surface area contributed by atoms with Crippen molar-refractivity contribution in [1.29, 1.82) is 0 Å². The second-order valence-electron chi connectivity index (χ2n) is 5.53. The van der Waals surface area contributed by atoms with Crippen molar-refractivity contribution in [2.24, 2.45) is 5.92 Å². The van der Waals surface area contributed by atoms with Crippen molar-refractivity contribution in [1.82, 2.24) is 10.6 Å². The lowest BCUT2D eigenvalue weighted by Crippen LogP contribution is -2.43. The zero-order valence-corrected chi connectivity index (χ0v) is 12.8. The molecule has 2 amide bonds. The van der Waals surface area contributed by atoms with Crippen LogP contribution >= 0.6 is 0 Å². The first-order valence-corrected chi connectivity index (χ1v) is 7.66. The van der Waals surface area contributed by atoms with Crippen LogP contribution in [0.1, 0.15) is 19.8 Å². The van der Waals surface area contributed by atoms with Gasteiger partial charge in [-0.2, -0.15) is 0 Å². The largest absolute Gasteiger partial charge is 0.486 e. The summed E-state index contributed by atoms with van der Waals surface area (Å²) < 4.78 is 24.3. The molecule has 1 saturated heterocycles. The topological polar surface area (TPSA) is 59.6 Å². The van der Waals surface area contributed by atoms with Gasteiger partial charge in [-0.3, -0.25) is 0 Å². The van der Waals surface area contributed by atoms with Crippen LogP contribution in [0.25, 0.3) is 0 Å². The highest BCUT2D eigenvalue weighted by Crippen LogP contribution is 2.16. The zero-order valence-electron chi connectivity index (χ0n) is 12.8. The van der Waals surface area contributed by atoms with Gasteiger partial charge in [-0.25, -0.2) is 9.18 Å². The number of carbonyl (C=O) groups is 1. The molecule has 2 rings (SSSR count). The number of ether oxygens (including phenoxy) is 2. The molecule has 22 heavy (non-hydrogen) atoms. The molecule has 0 radical (unpaired) electrons. The number of nitrogens with one attached hydrogen (secondary N) is 2. The molecule has 0 saturated carbocycles. The molecule has 2 atom stereocenters. The van der Waals surface area contributed by atoms with Gasteiger partial charge in [-0.15, -0.1) is 0 Å². The average Bonchev–Trinajstić information content (AvgIpc) is 2.54. The molecule has 1 aromatic carbocycles. The Morgan fingerprint density at radius 3 is 3.00 bits per heavy atom. The first-order chi connectivity index (χ1) is 10.6. The smallest absolute Gasteiger partial charge is 0.314 e. The second kappa shape index (κ2) is 8.58. The quantitative estimate of drug-likeness (QED) is 0.848. The van der Waals surface area contributed by atoms with Crippen LogP contribution < -0.4 is 15.4 Å². The summed E-state index contributed by atoms with van der Waals surface area (Å²) >= 11 is 0. The van der Waals surface area contributed by atoms with Crippen LogP contribution in [0.3, 0.4) is 0 Å². The summed E-state index contributed by atoms with van der Waals surface area (Å²) in [6.07, 6.45) is 1.80. The predicted octanol–water partition coefficient (Wildman–Crippen LogP) is 2.32. The number of benzene rings is 1. The zero-order chi connectivity index (χ0) is 15.8. The molecule has 0 spiro atoms. The van der Waals surface area contributed by atoms with Crippen LogP contribution in [0.15, 0.2) is 24.3 Å². The van der Waals surface area contributed by atoms with E-state index in [2.05, 4.69) is 10.6 Å². The highest BCUT2D eigenvalue weighted by atomic mass is 19.1. The lowest BCUT2D eigenvalue weighted by atomic mass is 10.0. The molecule has 0 aliphatic carbocycles. The van der Waals surface area contributed by atoms with Crippen molar-refractivity contribution in [2.75, 3.05) is 26.3 Å². The van der Waals surface area contributed by atoms with Gasteiger partial charge in [-0.1, -0.05) is 12.1 Å². The Hall–Kier alpha value is -1.82. The van der Waals surface area contributed by atoms with E-state index >= 15 is 0 Å². The molecule has 1 aliphatic heterocycles. The van der Waals surface area contributed by atoms with E-state index in [1.54, 1.807) is 25.1 Å². The van der Waals surface area contributed by atoms with Gasteiger partial charge in [-0.05, 0) is 37.8 Å². The van der Waals surface area contributed by atoms with Gasteiger partial charge in [0, 0.05) is 13.2 Å². The van der Waals surface area contributed by atoms with Crippen molar-refractivity contribution >= 4 is 6.03 Å². The Balaban J connectivity index is 1.64. The maximum Gasteiger partial charge on any atom is 0.314 e. The van der Waals surface area contributed by atoms with Crippen LogP contribution in [0, 0.1) is 11.7 Å². The Labute approximate surface area is 130 Å². The second-order valence-corrected chi connectivity index (χ2v) is 5.53. The molecule has 2 N–H and O–H groups in total. The van der Waals surface area contributed by atoms with Gasteiger partial charge in [0.25, 0.3) is 0 Å². The third-order valence-electron chi connectivity index (χ3n) is 3.52. The number of hydrogen-bond acceptors (Lipinski definition) is 3. The van der Waals surface area contributed by atoms with E-state index in [1.165, 1.54) is 6.07 Å². The number of rotatable bonds is 6. The molecule has 1 heterocycles. The van der Waals surface area contributed by atoms with E-state index in [0.29, 0.717) is 25.6 Å². The molecule has 6 heteroatoms. The summed E-state index contributed by atoms with van der Waals surface area (Å²) in [5.74, 6) is 0.166. The molecule has 1 aliphatic rings. The van der Waals surface area contributed by atoms with Gasteiger partial charge in [0.15, 0.2) is 11.6 Å². The van der Waals surface area contributed by atoms with Gasteiger partial charge in [0.1, 0.15) is 6.10 Å². The van der Waals surface area contributed by atoms with E-state index in [-0.39, 0.29) is 17.9 Å². The Morgan fingerprint density at radius 2 is 2.27 bits per heavy atom. The van der Waals surface area contributed by atoms with Crippen molar-refractivity contribution in [3.63, 3.8) is 0 Å². The monoisotopic (exact) mass is 310 g/mol. The maximum atomic E-state index is 13.4.